The Hall–Kier alpha value is -1.46. The van der Waals surface area contributed by atoms with Gasteiger partial charge in [-0.1, -0.05) is 11.6 Å². The van der Waals surface area contributed by atoms with Crippen molar-refractivity contribution in [2.75, 3.05) is 37.4 Å². The van der Waals surface area contributed by atoms with E-state index in [2.05, 4.69) is 5.32 Å². The molecule has 1 unspecified atom stereocenters. The zero-order chi connectivity index (χ0) is 14.7. The van der Waals surface area contributed by atoms with Gasteiger partial charge in [-0.2, -0.15) is 0 Å². The molecule has 2 rings (SSSR count). The Labute approximate surface area is 124 Å². The van der Waals surface area contributed by atoms with Gasteiger partial charge in [0.1, 0.15) is 0 Å². The molecule has 20 heavy (non-hydrogen) atoms. The number of benzene rings is 1. The summed E-state index contributed by atoms with van der Waals surface area (Å²) < 4.78 is 0. The van der Waals surface area contributed by atoms with Gasteiger partial charge in [0.05, 0.1) is 16.8 Å². The van der Waals surface area contributed by atoms with Crippen LogP contribution in [-0.2, 0) is 0 Å². The van der Waals surface area contributed by atoms with Crippen LogP contribution in [-0.4, -0.2) is 49.3 Å². The Bertz CT molecular complexity index is 493. The van der Waals surface area contributed by atoms with Gasteiger partial charge in [-0.3, -0.25) is 0 Å². The van der Waals surface area contributed by atoms with E-state index in [0.29, 0.717) is 23.8 Å². The highest BCUT2D eigenvalue weighted by Crippen LogP contribution is 2.27. The van der Waals surface area contributed by atoms with Crippen LogP contribution in [0.1, 0.15) is 12.8 Å². The normalized spacial score (nSPS) is 18.8. The van der Waals surface area contributed by atoms with Gasteiger partial charge in [0.25, 0.3) is 0 Å². The van der Waals surface area contributed by atoms with E-state index < -0.39 is 6.10 Å². The second-order valence-corrected chi connectivity index (χ2v) is 5.64. The van der Waals surface area contributed by atoms with E-state index in [1.807, 2.05) is 31.1 Å². The molecule has 0 bridgehead atoms. The molecule has 1 heterocycles. The van der Waals surface area contributed by atoms with Gasteiger partial charge in [-0.25, -0.2) is 4.79 Å². The highest BCUT2D eigenvalue weighted by molar-refractivity contribution is 6.33. The molecule has 1 aliphatic rings. The average molecular weight is 298 g/mol. The van der Waals surface area contributed by atoms with Crippen molar-refractivity contribution in [3.8, 4) is 0 Å². The second-order valence-electron chi connectivity index (χ2n) is 5.23. The molecule has 0 radical (unpaired) electrons. The molecule has 0 saturated carbocycles. The zero-order valence-electron chi connectivity index (χ0n) is 11.8. The number of hydrogen-bond donors (Lipinski definition) is 2. The Kier molecular flexibility index (Phi) is 4.73. The summed E-state index contributed by atoms with van der Waals surface area (Å²) >= 11 is 6.17. The predicted molar refractivity (Wildman–Crippen MR) is 81.6 cm³/mol. The number of rotatable bonds is 2. The first-order chi connectivity index (χ1) is 9.47. The number of piperidine rings is 1. The van der Waals surface area contributed by atoms with Crippen LogP contribution in [0.15, 0.2) is 18.2 Å². The van der Waals surface area contributed by atoms with Crippen molar-refractivity contribution in [2.45, 2.75) is 18.9 Å². The monoisotopic (exact) mass is 297 g/mol. The number of nitrogens with one attached hydrogen (secondary N) is 1. The van der Waals surface area contributed by atoms with Gasteiger partial charge in [-0.15, -0.1) is 0 Å². The lowest BCUT2D eigenvalue weighted by atomic mass is 10.1. The average Bonchev–Trinajstić information content (AvgIpc) is 2.38. The summed E-state index contributed by atoms with van der Waals surface area (Å²) in [5.41, 5.74) is 1.56. The Morgan fingerprint density at radius 2 is 2.25 bits per heavy atom. The number of likely N-dealkylation sites (tertiary alicyclic amines) is 1. The molecule has 2 amide bonds. The molecule has 1 fully saturated rings. The molecule has 6 heteroatoms. The minimum absolute atomic E-state index is 0.197. The minimum Gasteiger partial charge on any atom is -0.391 e. The van der Waals surface area contributed by atoms with E-state index in [-0.39, 0.29) is 6.03 Å². The fourth-order valence-electron chi connectivity index (χ4n) is 2.29. The number of hydrogen-bond acceptors (Lipinski definition) is 3. The largest absolute Gasteiger partial charge is 0.391 e. The van der Waals surface area contributed by atoms with Crippen molar-refractivity contribution in [2.24, 2.45) is 0 Å². The van der Waals surface area contributed by atoms with Gasteiger partial charge in [0.2, 0.25) is 0 Å². The van der Waals surface area contributed by atoms with Crippen molar-refractivity contribution in [3.05, 3.63) is 23.2 Å². The molecule has 1 aromatic carbocycles. The van der Waals surface area contributed by atoms with Gasteiger partial charge >= 0.3 is 6.03 Å². The molecular weight excluding hydrogens is 278 g/mol. The maximum absolute atomic E-state index is 12.1. The smallest absolute Gasteiger partial charge is 0.321 e. The zero-order valence-corrected chi connectivity index (χ0v) is 12.5. The Balaban J connectivity index is 2.02. The molecule has 2 N–H and O–H groups in total. The first-order valence-corrected chi connectivity index (χ1v) is 7.06. The molecule has 1 saturated heterocycles. The first-order valence-electron chi connectivity index (χ1n) is 6.68. The van der Waals surface area contributed by atoms with E-state index in [1.54, 1.807) is 11.0 Å². The van der Waals surface area contributed by atoms with Crippen LogP contribution >= 0.6 is 11.6 Å². The summed E-state index contributed by atoms with van der Waals surface area (Å²) in [5, 5.41) is 13.0. The molecule has 0 aromatic heterocycles. The van der Waals surface area contributed by atoms with Gasteiger partial charge < -0.3 is 20.2 Å². The number of amides is 2. The third-order valence-corrected chi connectivity index (χ3v) is 3.67. The fourth-order valence-corrected chi connectivity index (χ4v) is 2.64. The Morgan fingerprint density at radius 1 is 1.50 bits per heavy atom. The van der Waals surface area contributed by atoms with Crippen LogP contribution < -0.4 is 10.2 Å². The van der Waals surface area contributed by atoms with E-state index >= 15 is 0 Å². The molecule has 1 aromatic rings. The number of aliphatic hydroxyl groups is 1. The molecule has 0 spiro atoms. The number of nitrogens with zero attached hydrogens (tertiary/aromatic N) is 2. The third-order valence-electron chi connectivity index (χ3n) is 3.36. The van der Waals surface area contributed by atoms with E-state index in [1.165, 1.54) is 0 Å². The van der Waals surface area contributed by atoms with E-state index in [0.717, 1.165) is 18.5 Å². The van der Waals surface area contributed by atoms with Gasteiger partial charge in [0, 0.05) is 32.9 Å². The number of anilines is 2. The number of halogens is 1. The van der Waals surface area contributed by atoms with Crippen molar-refractivity contribution in [3.63, 3.8) is 0 Å². The molecular formula is C14H20ClN3O2. The number of urea groups is 1. The van der Waals surface area contributed by atoms with Gasteiger partial charge in [0.15, 0.2) is 0 Å². The topological polar surface area (TPSA) is 55.8 Å². The van der Waals surface area contributed by atoms with Crippen molar-refractivity contribution in [1.82, 2.24) is 4.90 Å². The molecule has 1 aliphatic heterocycles. The highest BCUT2D eigenvalue weighted by Gasteiger charge is 2.22. The van der Waals surface area contributed by atoms with Crippen molar-refractivity contribution < 1.29 is 9.90 Å². The van der Waals surface area contributed by atoms with Crippen LogP contribution in [0.2, 0.25) is 5.02 Å². The lowest BCUT2D eigenvalue weighted by Crippen LogP contribution is -2.44. The predicted octanol–water partition coefficient (Wildman–Crippen LogP) is 2.39. The molecule has 0 aliphatic carbocycles. The molecule has 5 nitrogen and oxygen atoms in total. The van der Waals surface area contributed by atoms with Crippen molar-refractivity contribution in [1.29, 1.82) is 0 Å². The second kappa shape index (κ2) is 6.33. The summed E-state index contributed by atoms with van der Waals surface area (Å²) in [6.07, 6.45) is 1.16. The van der Waals surface area contributed by atoms with Crippen LogP contribution in [0.25, 0.3) is 0 Å². The maximum Gasteiger partial charge on any atom is 0.321 e. The Morgan fingerprint density at radius 3 is 2.85 bits per heavy atom. The summed E-state index contributed by atoms with van der Waals surface area (Å²) in [7, 11) is 3.82. The summed E-state index contributed by atoms with van der Waals surface area (Å²) in [6, 6.07) is 5.22. The van der Waals surface area contributed by atoms with E-state index in [4.69, 9.17) is 11.6 Å². The maximum atomic E-state index is 12.1. The summed E-state index contributed by atoms with van der Waals surface area (Å²) in [5.74, 6) is 0. The fraction of sp³-hybridized carbons (Fsp3) is 0.500. The highest BCUT2D eigenvalue weighted by atomic mass is 35.5. The van der Waals surface area contributed by atoms with Crippen LogP contribution in [0.5, 0.6) is 0 Å². The van der Waals surface area contributed by atoms with Crippen LogP contribution in [0, 0.1) is 0 Å². The first kappa shape index (κ1) is 14.9. The third kappa shape index (κ3) is 3.55. The number of β-amino-alcohol motifs (C(OH)–C–C–N with tert-alkyl or cyclic N) is 1. The number of carbonyl (C=O) groups is 1. The lowest BCUT2D eigenvalue weighted by molar-refractivity contribution is 0.0883. The summed E-state index contributed by atoms with van der Waals surface area (Å²) in [4.78, 5) is 15.6. The quantitative estimate of drug-likeness (QED) is 0.881. The van der Waals surface area contributed by atoms with Gasteiger partial charge in [-0.05, 0) is 31.0 Å². The lowest BCUT2D eigenvalue weighted by Gasteiger charge is -2.30. The molecule has 1 atom stereocenters. The number of carbonyl (C=O) groups excluding carboxylic acids is 1. The summed E-state index contributed by atoms with van der Waals surface area (Å²) in [6.45, 7) is 1.06. The number of aliphatic hydroxyl groups excluding tert-OH is 1. The minimum atomic E-state index is -0.422. The standard InChI is InChI=1S/C14H20ClN3O2/c1-17(2)13-6-5-10(8-12(13)15)16-14(20)18-7-3-4-11(19)9-18/h5-6,8,11,19H,3-4,7,9H2,1-2H3,(H,16,20). The van der Waals surface area contributed by atoms with Crippen LogP contribution in [0.4, 0.5) is 16.2 Å². The van der Waals surface area contributed by atoms with Crippen LogP contribution in [0.3, 0.4) is 0 Å². The molecule has 110 valence electrons. The van der Waals surface area contributed by atoms with Crippen molar-refractivity contribution >= 4 is 29.0 Å². The SMILES string of the molecule is CN(C)c1ccc(NC(=O)N2CCCC(O)C2)cc1Cl. The van der Waals surface area contributed by atoms with E-state index in [9.17, 15) is 9.90 Å².